The van der Waals surface area contributed by atoms with Crippen LogP contribution in [0.2, 0.25) is 0 Å². The second-order valence-electron chi connectivity index (χ2n) is 3.22. The van der Waals surface area contributed by atoms with Gasteiger partial charge in [0.2, 0.25) is 0 Å². The summed E-state index contributed by atoms with van der Waals surface area (Å²) in [5, 5.41) is 10.7. The summed E-state index contributed by atoms with van der Waals surface area (Å²) in [7, 11) is 1.86. The van der Waals surface area contributed by atoms with Crippen LogP contribution in [0, 0.1) is 5.82 Å². The van der Waals surface area contributed by atoms with E-state index in [-0.39, 0.29) is 5.82 Å². The first-order valence-corrected chi connectivity index (χ1v) is 4.58. The molecule has 0 spiro atoms. The minimum absolute atomic E-state index is 0.252. The zero-order valence-corrected chi connectivity index (χ0v) is 8.31. The molecule has 0 saturated heterocycles. The normalized spacial score (nSPS) is 10.3. The average molecular weight is 206 g/mol. The summed E-state index contributed by atoms with van der Waals surface area (Å²) >= 11 is 0. The van der Waals surface area contributed by atoms with E-state index in [0.29, 0.717) is 6.54 Å². The van der Waals surface area contributed by atoms with Crippen LogP contribution in [0.4, 0.5) is 10.1 Å². The van der Waals surface area contributed by atoms with Gasteiger partial charge in [-0.05, 0) is 18.2 Å². The number of nitrogens with zero attached hydrogens (tertiary/aromatic N) is 3. The molecule has 1 N–H and O–H groups in total. The minimum Gasteiger partial charge on any atom is -0.378 e. The molecule has 15 heavy (non-hydrogen) atoms. The van der Waals surface area contributed by atoms with E-state index >= 15 is 0 Å². The summed E-state index contributed by atoms with van der Waals surface area (Å²) in [5.74, 6) is 0.553. The molecule has 5 heteroatoms. The van der Waals surface area contributed by atoms with Gasteiger partial charge in [0.15, 0.2) is 5.82 Å². The summed E-state index contributed by atoms with van der Waals surface area (Å²) in [4.78, 5) is 0. The Morgan fingerprint density at radius 1 is 1.47 bits per heavy atom. The van der Waals surface area contributed by atoms with E-state index in [4.69, 9.17) is 0 Å². The van der Waals surface area contributed by atoms with Crippen molar-refractivity contribution in [3.05, 3.63) is 42.2 Å². The number of anilines is 1. The fraction of sp³-hybridized carbons (Fsp3) is 0.200. The number of halogens is 1. The Hall–Kier alpha value is -1.91. The molecular formula is C10H11FN4. The topological polar surface area (TPSA) is 42.7 Å². The SMILES string of the molecule is Cn1cnnc1CNc1cccc(F)c1. The van der Waals surface area contributed by atoms with Crippen molar-refractivity contribution in [3.63, 3.8) is 0 Å². The number of benzene rings is 1. The van der Waals surface area contributed by atoms with Crippen molar-refractivity contribution in [2.75, 3.05) is 5.32 Å². The highest BCUT2D eigenvalue weighted by Gasteiger charge is 2.00. The van der Waals surface area contributed by atoms with Gasteiger partial charge in [-0.25, -0.2) is 4.39 Å². The lowest BCUT2D eigenvalue weighted by molar-refractivity contribution is 0.628. The summed E-state index contributed by atoms with van der Waals surface area (Å²) in [6, 6.07) is 6.32. The van der Waals surface area contributed by atoms with Crippen molar-refractivity contribution in [1.29, 1.82) is 0 Å². The van der Waals surface area contributed by atoms with Crippen LogP contribution >= 0.6 is 0 Å². The van der Waals surface area contributed by atoms with Gasteiger partial charge in [-0.3, -0.25) is 0 Å². The Morgan fingerprint density at radius 3 is 3.00 bits per heavy atom. The molecule has 0 amide bonds. The first-order chi connectivity index (χ1) is 7.25. The fourth-order valence-electron chi connectivity index (χ4n) is 1.25. The minimum atomic E-state index is -0.252. The zero-order chi connectivity index (χ0) is 10.7. The Labute approximate surface area is 86.8 Å². The van der Waals surface area contributed by atoms with E-state index in [1.54, 1.807) is 18.5 Å². The van der Waals surface area contributed by atoms with E-state index in [9.17, 15) is 4.39 Å². The van der Waals surface area contributed by atoms with Gasteiger partial charge in [0.05, 0.1) is 6.54 Å². The molecule has 4 nitrogen and oxygen atoms in total. The molecule has 0 saturated carbocycles. The van der Waals surface area contributed by atoms with E-state index < -0.39 is 0 Å². The standard InChI is InChI=1S/C10H11FN4/c1-15-7-13-14-10(15)6-12-9-4-2-3-8(11)5-9/h2-5,7,12H,6H2,1H3. The molecule has 1 aromatic carbocycles. The maximum absolute atomic E-state index is 12.8. The van der Waals surface area contributed by atoms with Crippen molar-refractivity contribution < 1.29 is 4.39 Å². The van der Waals surface area contributed by atoms with Crippen LogP contribution in [-0.2, 0) is 13.6 Å². The van der Waals surface area contributed by atoms with Gasteiger partial charge < -0.3 is 9.88 Å². The van der Waals surface area contributed by atoms with Gasteiger partial charge in [0, 0.05) is 12.7 Å². The molecule has 0 unspecified atom stereocenters. The van der Waals surface area contributed by atoms with Crippen LogP contribution in [0.1, 0.15) is 5.82 Å². The number of aromatic nitrogens is 3. The highest BCUT2D eigenvalue weighted by molar-refractivity contribution is 5.42. The Bertz CT molecular complexity index is 452. The van der Waals surface area contributed by atoms with Crippen molar-refractivity contribution in [3.8, 4) is 0 Å². The summed E-state index contributed by atoms with van der Waals surface area (Å²) in [6.45, 7) is 0.528. The highest BCUT2D eigenvalue weighted by atomic mass is 19.1. The van der Waals surface area contributed by atoms with Crippen molar-refractivity contribution >= 4 is 5.69 Å². The average Bonchev–Trinajstić information content (AvgIpc) is 2.61. The van der Waals surface area contributed by atoms with Crippen LogP contribution in [0.15, 0.2) is 30.6 Å². The van der Waals surface area contributed by atoms with E-state index in [0.717, 1.165) is 11.5 Å². The third kappa shape index (κ3) is 2.31. The van der Waals surface area contributed by atoms with Gasteiger partial charge in [-0.1, -0.05) is 6.07 Å². The fourth-order valence-corrected chi connectivity index (χ4v) is 1.25. The number of hydrogen-bond donors (Lipinski definition) is 1. The van der Waals surface area contributed by atoms with E-state index in [1.807, 2.05) is 11.6 Å². The Kier molecular flexibility index (Phi) is 2.62. The Balaban J connectivity index is 2.02. The summed E-state index contributed by atoms with van der Waals surface area (Å²) in [6.07, 6.45) is 1.63. The molecular weight excluding hydrogens is 195 g/mol. The van der Waals surface area contributed by atoms with Crippen LogP contribution in [0.3, 0.4) is 0 Å². The van der Waals surface area contributed by atoms with Gasteiger partial charge in [-0.2, -0.15) is 0 Å². The monoisotopic (exact) mass is 206 g/mol. The third-order valence-corrected chi connectivity index (χ3v) is 2.08. The molecule has 1 aromatic heterocycles. The lowest BCUT2D eigenvalue weighted by atomic mass is 10.3. The van der Waals surface area contributed by atoms with Gasteiger partial charge in [0.1, 0.15) is 12.1 Å². The first kappa shape index (κ1) is 9.64. The quantitative estimate of drug-likeness (QED) is 0.828. The van der Waals surface area contributed by atoms with E-state index in [2.05, 4.69) is 15.5 Å². The number of aryl methyl sites for hydroxylation is 1. The van der Waals surface area contributed by atoms with Gasteiger partial charge in [-0.15, -0.1) is 10.2 Å². The smallest absolute Gasteiger partial charge is 0.151 e. The zero-order valence-electron chi connectivity index (χ0n) is 8.31. The predicted octanol–water partition coefficient (Wildman–Crippen LogP) is 1.57. The first-order valence-electron chi connectivity index (χ1n) is 4.58. The van der Waals surface area contributed by atoms with Crippen LogP contribution in [0.25, 0.3) is 0 Å². The molecule has 0 radical (unpaired) electrons. The molecule has 0 atom stereocenters. The van der Waals surface area contributed by atoms with Crippen molar-refractivity contribution in [2.45, 2.75) is 6.54 Å². The third-order valence-electron chi connectivity index (χ3n) is 2.08. The predicted molar refractivity (Wildman–Crippen MR) is 54.7 cm³/mol. The van der Waals surface area contributed by atoms with Gasteiger partial charge in [0.25, 0.3) is 0 Å². The molecule has 78 valence electrons. The molecule has 0 aliphatic rings. The second kappa shape index (κ2) is 4.08. The lowest BCUT2D eigenvalue weighted by Gasteiger charge is -2.05. The largest absolute Gasteiger partial charge is 0.378 e. The second-order valence-corrected chi connectivity index (χ2v) is 3.22. The molecule has 0 aliphatic heterocycles. The molecule has 2 aromatic rings. The lowest BCUT2D eigenvalue weighted by Crippen LogP contribution is -2.05. The van der Waals surface area contributed by atoms with Crippen molar-refractivity contribution in [2.24, 2.45) is 7.05 Å². The maximum atomic E-state index is 12.8. The number of nitrogens with one attached hydrogen (secondary N) is 1. The van der Waals surface area contributed by atoms with Crippen molar-refractivity contribution in [1.82, 2.24) is 14.8 Å². The number of hydrogen-bond acceptors (Lipinski definition) is 3. The molecule has 2 rings (SSSR count). The van der Waals surface area contributed by atoms with Crippen LogP contribution < -0.4 is 5.32 Å². The number of rotatable bonds is 3. The molecule has 0 bridgehead atoms. The van der Waals surface area contributed by atoms with Crippen LogP contribution in [0.5, 0.6) is 0 Å². The maximum Gasteiger partial charge on any atom is 0.151 e. The highest BCUT2D eigenvalue weighted by Crippen LogP contribution is 2.09. The molecule has 0 aliphatic carbocycles. The van der Waals surface area contributed by atoms with Crippen LogP contribution in [-0.4, -0.2) is 14.8 Å². The van der Waals surface area contributed by atoms with Gasteiger partial charge >= 0.3 is 0 Å². The summed E-state index contributed by atoms with van der Waals surface area (Å²) < 4.78 is 14.7. The summed E-state index contributed by atoms with van der Waals surface area (Å²) in [5.41, 5.74) is 0.734. The van der Waals surface area contributed by atoms with E-state index in [1.165, 1.54) is 12.1 Å². The molecule has 1 heterocycles. The molecule has 0 fully saturated rings. The Morgan fingerprint density at radius 2 is 2.33 bits per heavy atom.